The number of nitrogens with one attached hydrogen (secondary N) is 1. The van der Waals surface area contributed by atoms with E-state index in [1.54, 1.807) is 0 Å². The van der Waals surface area contributed by atoms with E-state index in [-0.39, 0.29) is 23.7 Å². The highest BCUT2D eigenvalue weighted by Gasteiger charge is 2.42. The molecule has 1 amide bonds. The second kappa shape index (κ2) is 3.72. The van der Waals surface area contributed by atoms with E-state index in [0.717, 1.165) is 19.3 Å². The maximum atomic E-state index is 11.7. The Hall–Kier alpha value is -1.26. The van der Waals surface area contributed by atoms with Crippen molar-refractivity contribution >= 4 is 11.7 Å². The Kier molecular flexibility index (Phi) is 2.54. The molecule has 0 spiro atoms. The first kappa shape index (κ1) is 10.3. The average molecular weight is 211 g/mol. The highest BCUT2D eigenvalue weighted by molar-refractivity contribution is 5.91. The van der Waals surface area contributed by atoms with E-state index in [9.17, 15) is 4.79 Å². The van der Waals surface area contributed by atoms with Crippen LogP contribution in [-0.4, -0.2) is 23.0 Å². The van der Waals surface area contributed by atoms with Crippen molar-refractivity contribution in [3.05, 3.63) is 0 Å². The molecule has 5 heteroatoms. The molecule has 0 saturated heterocycles. The highest BCUT2D eigenvalue weighted by Crippen LogP contribution is 2.39. The van der Waals surface area contributed by atoms with E-state index in [2.05, 4.69) is 17.4 Å². The zero-order valence-corrected chi connectivity index (χ0v) is 8.81. The van der Waals surface area contributed by atoms with E-state index in [1.165, 1.54) is 0 Å². The zero-order chi connectivity index (χ0) is 11.0. The van der Waals surface area contributed by atoms with Crippen molar-refractivity contribution in [1.82, 2.24) is 5.32 Å². The summed E-state index contributed by atoms with van der Waals surface area (Å²) in [4.78, 5) is 11.7. The van der Waals surface area contributed by atoms with Crippen LogP contribution >= 0.6 is 0 Å². The fraction of sp³-hybridized carbons (Fsp3) is 0.800. The molecule has 0 aliphatic heterocycles. The maximum absolute atomic E-state index is 11.7. The number of hydrogen-bond donors (Lipinski definition) is 3. The number of carbonyl (C=O) groups excluding carboxylic acids is 1. The molecular formula is C10H17N3O2. The van der Waals surface area contributed by atoms with Gasteiger partial charge in [-0.05, 0) is 31.1 Å². The molecule has 0 aromatic heterocycles. The van der Waals surface area contributed by atoms with Gasteiger partial charge in [0.1, 0.15) is 0 Å². The number of amidine groups is 1. The van der Waals surface area contributed by atoms with Crippen LogP contribution in [0.1, 0.15) is 26.2 Å². The van der Waals surface area contributed by atoms with Crippen LogP contribution in [-0.2, 0) is 4.79 Å². The molecule has 4 N–H and O–H groups in total. The Morgan fingerprint density at radius 3 is 2.60 bits per heavy atom. The van der Waals surface area contributed by atoms with Crippen LogP contribution in [0.25, 0.3) is 0 Å². The molecule has 0 aromatic rings. The molecule has 2 aliphatic rings. The number of carbonyl (C=O) groups is 1. The maximum Gasteiger partial charge on any atom is 0.223 e. The number of oxime groups is 1. The lowest BCUT2D eigenvalue weighted by atomic mass is 10.1. The van der Waals surface area contributed by atoms with Gasteiger partial charge in [-0.3, -0.25) is 4.79 Å². The van der Waals surface area contributed by atoms with Crippen LogP contribution in [0.2, 0.25) is 0 Å². The topological polar surface area (TPSA) is 87.7 Å². The van der Waals surface area contributed by atoms with Crippen LogP contribution < -0.4 is 11.1 Å². The highest BCUT2D eigenvalue weighted by atomic mass is 16.4. The molecule has 2 saturated carbocycles. The number of hydrogen-bond acceptors (Lipinski definition) is 3. The summed E-state index contributed by atoms with van der Waals surface area (Å²) in [5.41, 5.74) is 5.55. The molecule has 0 aromatic carbocycles. The van der Waals surface area contributed by atoms with Gasteiger partial charge in [-0.2, -0.15) is 0 Å². The van der Waals surface area contributed by atoms with Crippen LogP contribution in [0.4, 0.5) is 0 Å². The van der Waals surface area contributed by atoms with Gasteiger partial charge in [-0.25, -0.2) is 0 Å². The lowest BCUT2D eigenvalue weighted by Crippen LogP contribution is -2.46. The van der Waals surface area contributed by atoms with Crippen molar-refractivity contribution in [2.45, 2.75) is 32.2 Å². The smallest absolute Gasteiger partial charge is 0.223 e. The third-order valence-corrected chi connectivity index (χ3v) is 3.27. The van der Waals surface area contributed by atoms with Gasteiger partial charge in [0, 0.05) is 5.92 Å². The van der Waals surface area contributed by atoms with E-state index in [4.69, 9.17) is 10.9 Å². The summed E-state index contributed by atoms with van der Waals surface area (Å²) in [5, 5.41) is 14.5. The average Bonchev–Trinajstić information content (AvgIpc) is 3.07. The Labute approximate surface area is 88.7 Å². The Balaban J connectivity index is 1.91. The molecule has 2 rings (SSSR count). The third-order valence-electron chi connectivity index (χ3n) is 3.27. The summed E-state index contributed by atoms with van der Waals surface area (Å²) >= 11 is 0. The van der Waals surface area contributed by atoms with Crippen molar-refractivity contribution < 1.29 is 10.0 Å². The minimum atomic E-state index is -0.268. The van der Waals surface area contributed by atoms with E-state index in [1.807, 2.05) is 0 Å². The molecule has 3 atom stereocenters. The predicted octanol–water partition coefficient (Wildman–Crippen LogP) is 0.284. The van der Waals surface area contributed by atoms with Gasteiger partial charge < -0.3 is 16.3 Å². The molecule has 84 valence electrons. The van der Waals surface area contributed by atoms with Crippen LogP contribution in [0.15, 0.2) is 5.16 Å². The van der Waals surface area contributed by atoms with Crippen molar-refractivity contribution in [2.24, 2.45) is 28.6 Å². The summed E-state index contributed by atoms with van der Waals surface area (Å²) in [7, 11) is 0. The van der Waals surface area contributed by atoms with Crippen molar-refractivity contribution in [3.8, 4) is 0 Å². The van der Waals surface area contributed by atoms with Crippen molar-refractivity contribution in [3.63, 3.8) is 0 Å². The number of nitrogens with zero attached hydrogens (tertiary/aromatic N) is 1. The van der Waals surface area contributed by atoms with Crippen LogP contribution in [0.5, 0.6) is 0 Å². The summed E-state index contributed by atoms with van der Waals surface area (Å²) in [6, 6.07) is -0.268. The second-order valence-corrected chi connectivity index (χ2v) is 4.67. The summed E-state index contributed by atoms with van der Waals surface area (Å²) in [5.74, 6) is 1.15. The molecule has 0 radical (unpaired) electrons. The van der Waals surface area contributed by atoms with Crippen LogP contribution in [0.3, 0.4) is 0 Å². The molecule has 2 fully saturated rings. The molecule has 5 nitrogen and oxygen atoms in total. The fourth-order valence-electron chi connectivity index (χ4n) is 1.87. The Morgan fingerprint density at radius 1 is 1.60 bits per heavy atom. The van der Waals surface area contributed by atoms with E-state index < -0.39 is 0 Å². The quantitative estimate of drug-likeness (QED) is 0.270. The fourth-order valence-corrected chi connectivity index (χ4v) is 1.87. The Morgan fingerprint density at radius 2 is 2.20 bits per heavy atom. The number of amides is 1. The van der Waals surface area contributed by atoms with E-state index >= 15 is 0 Å². The van der Waals surface area contributed by atoms with Crippen molar-refractivity contribution in [1.29, 1.82) is 0 Å². The second-order valence-electron chi connectivity index (χ2n) is 4.67. The standard InChI is InChI=1S/C10H17N3O2/c1-5-4-7(5)10(14)12-8(6-2-3-6)9(11)13-15/h5-8,15H,2-4H2,1H3,(H2,11,13)(H,12,14). The monoisotopic (exact) mass is 211 g/mol. The molecule has 0 heterocycles. The molecular weight excluding hydrogens is 194 g/mol. The first-order valence-corrected chi connectivity index (χ1v) is 5.41. The summed E-state index contributed by atoms with van der Waals surface area (Å²) in [6.07, 6.45) is 3.04. The summed E-state index contributed by atoms with van der Waals surface area (Å²) < 4.78 is 0. The largest absolute Gasteiger partial charge is 0.409 e. The first-order valence-electron chi connectivity index (χ1n) is 5.41. The molecule has 3 unspecified atom stereocenters. The SMILES string of the molecule is CC1CC1C(=O)NC(C(N)=NO)C1CC1. The minimum absolute atomic E-state index is 0.0472. The van der Waals surface area contributed by atoms with Crippen LogP contribution in [0, 0.1) is 17.8 Å². The van der Waals surface area contributed by atoms with Gasteiger partial charge in [0.2, 0.25) is 5.91 Å². The normalized spacial score (nSPS) is 32.2. The molecule has 0 bridgehead atoms. The zero-order valence-electron chi connectivity index (χ0n) is 8.81. The third kappa shape index (κ3) is 2.22. The Bertz CT molecular complexity index is 299. The lowest BCUT2D eigenvalue weighted by Gasteiger charge is -2.16. The van der Waals surface area contributed by atoms with Gasteiger partial charge in [-0.1, -0.05) is 12.1 Å². The van der Waals surface area contributed by atoms with E-state index in [0.29, 0.717) is 11.8 Å². The number of rotatable bonds is 4. The molecule has 2 aliphatic carbocycles. The summed E-state index contributed by atoms with van der Waals surface area (Å²) in [6.45, 7) is 2.06. The van der Waals surface area contributed by atoms with Gasteiger partial charge in [0.15, 0.2) is 5.84 Å². The number of nitrogens with two attached hydrogens (primary N) is 1. The van der Waals surface area contributed by atoms with Gasteiger partial charge in [0.05, 0.1) is 6.04 Å². The predicted molar refractivity (Wildman–Crippen MR) is 55.3 cm³/mol. The molecule has 15 heavy (non-hydrogen) atoms. The van der Waals surface area contributed by atoms with Crippen molar-refractivity contribution in [2.75, 3.05) is 0 Å². The van der Waals surface area contributed by atoms with Gasteiger partial charge in [-0.15, -0.1) is 0 Å². The first-order chi connectivity index (χ1) is 7.13. The lowest BCUT2D eigenvalue weighted by molar-refractivity contribution is -0.123. The minimum Gasteiger partial charge on any atom is -0.409 e. The van der Waals surface area contributed by atoms with Gasteiger partial charge >= 0.3 is 0 Å². The van der Waals surface area contributed by atoms with Gasteiger partial charge in [0.25, 0.3) is 0 Å².